The third-order valence-electron chi connectivity index (χ3n) is 5.96. The first-order chi connectivity index (χ1) is 17.7. The monoisotopic (exact) mass is 526 g/mol. The summed E-state index contributed by atoms with van der Waals surface area (Å²) in [4.78, 5) is 61.8. The number of amides is 2. The van der Waals surface area contributed by atoms with Crippen LogP contribution in [0.5, 0.6) is 0 Å². The Kier molecular flexibility index (Phi) is 7.58. The number of carboxylic acid groups (broad SMARTS) is 2. The van der Waals surface area contributed by atoms with E-state index < -0.39 is 47.1 Å². The molecule has 1 fully saturated rings. The van der Waals surface area contributed by atoms with Gasteiger partial charge in [-0.3, -0.25) is 24.1 Å². The number of aliphatic carboxylic acids is 2. The second-order valence-electron chi connectivity index (χ2n) is 8.49. The number of benzene rings is 1. The zero-order chi connectivity index (χ0) is 26.7. The Labute approximate surface area is 215 Å². The number of ether oxygens (including phenoxy) is 1. The number of esters is 1. The maximum atomic E-state index is 13.0. The highest BCUT2D eigenvalue weighted by atomic mass is 32.2. The van der Waals surface area contributed by atoms with Crippen molar-refractivity contribution in [3.8, 4) is 0 Å². The quantitative estimate of drug-likeness (QED) is 0.183. The van der Waals surface area contributed by atoms with Crippen LogP contribution in [0.4, 0.5) is 0 Å². The fraction of sp³-hybridized carbons (Fsp3) is 0.280. The number of hydrogen-bond acceptors (Lipinski definition) is 7. The van der Waals surface area contributed by atoms with Crippen molar-refractivity contribution in [2.75, 3.05) is 12.4 Å². The summed E-state index contributed by atoms with van der Waals surface area (Å²) >= 11 is 1.19. The molecule has 3 unspecified atom stereocenters. The Morgan fingerprint density at radius 2 is 1.81 bits per heavy atom. The molecule has 0 saturated carbocycles. The smallest absolute Gasteiger partial charge is 0.352 e. The minimum atomic E-state index is -1.55. The Bertz CT molecular complexity index is 1280. The Morgan fingerprint density at radius 1 is 1.14 bits per heavy atom. The number of thioether (sulfide) groups is 1. The Hall–Kier alpha value is -4.19. The SMILES string of the molecule is CC(=O)OCC1=C(C(=O)O)N2C(=O)C(NC(=O)C(C(=O)O)c3ccc(C[n+]4ccccc4)cc3)C2SC1. The van der Waals surface area contributed by atoms with Crippen molar-refractivity contribution in [1.82, 2.24) is 10.2 Å². The molecule has 2 aliphatic rings. The molecule has 2 aliphatic heterocycles. The van der Waals surface area contributed by atoms with E-state index in [4.69, 9.17) is 4.74 Å². The Balaban J connectivity index is 1.46. The number of carbonyl (C=O) groups excluding carboxylic acids is 3. The molecular formula is C25H24N3O8S+. The third-order valence-corrected chi connectivity index (χ3v) is 7.30. The predicted octanol–water partition coefficient (Wildman–Crippen LogP) is 0.492. The molecule has 3 N–H and O–H groups in total. The number of hydrogen-bond donors (Lipinski definition) is 3. The van der Waals surface area contributed by atoms with Crippen molar-refractivity contribution in [3.63, 3.8) is 0 Å². The van der Waals surface area contributed by atoms with Crippen LogP contribution in [0.2, 0.25) is 0 Å². The highest BCUT2D eigenvalue weighted by Gasteiger charge is 2.54. The lowest BCUT2D eigenvalue weighted by atomic mass is 9.95. The van der Waals surface area contributed by atoms with E-state index in [2.05, 4.69) is 5.32 Å². The van der Waals surface area contributed by atoms with Crippen LogP contribution in [-0.4, -0.2) is 68.6 Å². The van der Waals surface area contributed by atoms with Gasteiger partial charge in [-0.1, -0.05) is 30.3 Å². The van der Waals surface area contributed by atoms with Gasteiger partial charge in [0.2, 0.25) is 5.91 Å². The molecule has 2 amide bonds. The lowest BCUT2D eigenvalue weighted by Gasteiger charge is -2.49. The van der Waals surface area contributed by atoms with Gasteiger partial charge in [-0.15, -0.1) is 11.8 Å². The van der Waals surface area contributed by atoms with E-state index in [-0.39, 0.29) is 29.2 Å². The van der Waals surface area contributed by atoms with Gasteiger partial charge in [0.15, 0.2) is 24.9 Å². The Morgan fingerprint density at radius 3 is 2.41 bits per heavy atom. The van der Waals surface area contributed by atoms with Crippen LogP contribution in [0.15, 0.2) is 66.1 Å². The highest BCUT2D eigenvalue weighted by Crippen LogP contribution is 2.40. The largest absolute Gasteiger partial charge is 0.480 e. The summed E-state index contributed by atoms with van der Waals surface area (Å²) in [5, 5.41) is 21.2. The van der Waals surface area contributed by atoms with Crippen molar-refractivity contribution in [1.29, 1.82) is 0 Å². The van der Waals surface area contributed by atoms with E-state index in [1.54, 1.807) is 24.3 Å². The number of fused-ring (bicyclic) bond motifs is 1. The van der Waals surface area contributed by atoms with Crippen molar-refractivity contribution < 1.29 is 43.5 Å². The molecule has 0 aliphatic carbocycles. The van der Waals surface area contributed by atoms with E-state index in [1.807, 2.05) is 35.2 Å². The van der Waals surface area contributed by atoms with Crippen molar-refractivity contribution in [2.45, 2.75) is 30.8 Å². The van der Waals surface area contributed by atoms with Gasteiger partial charge in [-0.25, -0.2) is 9.36 Å². The molecule has 1 aromatic carbocycles. The summed E-state index contributed by atoms with van der Waals surface area (Å²) in [5.41, 5.74) is 1.13. The first-order valence-electron chi connectivity index (χ1n) is 11.3. The average Bonchev–Trinajstić information content (AvgIpc) is 2.86. The number of rotatable bonds is 9. The minimum absolute atomic E-state index is 0.166. The maximum absolute atomic E-state index is 13.0. The van der Waals surface area contributed by atoms with Crippen LogP contribution in [0.25, 0.3) is 0 Å². The van der Waals surface area contributed by atoms with Gasteiger partial charge in [-0.05, 0) is 5.56 Å². The van der Waals surface area contributed by atoms with Crippen LogP contribution < -0.4 is 9.88 Å². The summed E-state index contributed by atoms with van der Waals surface area (Å²) in [6.07, 6.45) is 3.79. The average molecular weight is 527 g/mol. The van der Waals surface area contributed by atoms with E-state index in [0.29, 0.717) is 6.54 Å². The third kappa shape index (κ3) is 5.48. The first kappa shape index (κ1) is 25.9. The first-order valence-corrected chi connectivity index (χ1v) is 12.3. The molecule has 1 aromatic heterocycles. The van der Waals surface area contributed by atoms with Crippen molar-refractivity contribution in [3.05, 3.63) is 77.3 Å². The number of pyridine rings is 1. The number of β-lactam (4-membered cyclic amide) rings is 1. The van der Waals surface area contributed by atoms with E-state index in [9.17, 15) is 34.2 Å². The molecule has 12 heteroatoms. The second kappa shape index (κ2) is 10.8. The molecule has 192 valence electrons. The topological polar surface area (TPSA) is 154 Å². The van der Waals surface area contributed by atoms with Gasteiger partial charge in [0.1, 0.15) is 23.7 Å². The van der Waals surface area contributed by atoms with Crippen molar-refractivity contribution >= 4 is 41.5 Å². The standard InChI is InChI=1S/C25H23N3O8S/c1-14(29)36-12-17-13-37-23-19(22(31)28(23)20(17)25(34)35)26-21(30)18(24(32)33)16-7-5-15(6-8-16)11-27-9-3-2-4-10-27/h2-10,18-19,23H,11-13H2,1H3,(H2-,26,30,32,33,34,35)/p+1. The molecule has 0 bridgehead atoms. The van der Waals surface area contributed by atoms with Gasteiger partial charge in [0.25, 0.3) is 5.91 Å². The van der Waals surface area contributed by atoms with Crippen LogP contribution in [0, 0.1) is 0 Å². The summed E-state index contributed by atoms with van der Waals surface area (Å²) in [5.74, 6) is -6.26. The van der Waals surface area contributed by atoms with Crippen LogP contribution in [0.1, 0.15) is 24.0 Å². The minimum Gasteiger partial charge on any atom is -0.480 e. The van der Waals surface area contributed by atoms with Gasteiger partial charge in [0, 0.05) is 35.9 Å². The van der Waals surface area contributed by atoms with Crippen molar-refractivity contribution in [2.24, 2.45) is 0 Å². The maximum Gasteiger partial charge on any atom is 0.352 e. The summed E-state index contributed by atoms with van der Waals surface area (Å²) in [6.45, 7) is 1.49. The van der Waals surface area contributed by atoms with E-state index in [0.717, 1.165) is 10.5 Å². The van der Waals surface area contributed by atoms with E-state index >= 15 is 0 Å². The molecule has 3 atom stereocenters. The molecule has 1 saturated heterocycles. The normalized spacial score (nSPS) is 19.4. The predicted molar refractivity (Wildman–Crippen MR) is 129 cm³/mol. The van der Waals surface area contributed by atoms with Crippen LogP contribution in [0.3, 0.4) is 0 Å². The fourth-order valence-corrected chi connectivity index (χ4v) is 5.52. The van der Waals surface area contributed by atoms with Crippen LogP contribution in [-0.2, 0) is 35.3 Å². The van der Waals surface area contributed by atoms with Crippen LogP contribution >= 0.6 is 11.8 Å². The molecule has 2 aromatic rings. The highest BCUT2D eigenvalue weighted by molar-refractivity contribution is 8.00. The molecule has 0 radical (unpaired) electrons. The number of aromatic nitrogens is 1. The molecular weight excluding hydrogens is 502 g/mol. The number of nitrogens with zero attached hydrogens (tertiary/aromatic N) is 2. The summed E-state index contributed by atoms with van der Waals surface area (Å²) in [7, 11) is 0. The molecule has 0 spiro atoms. The molecule has 37 heavy (non-hydrogen) atoms. The lowest BCUT2D eigenvalue weighted by molar-refractivity contribution is -0.688. The van der Waals surface area contributed by atoms with Gasteiger partial charge >= 0.3 is 17.9 Å². The fourth-order valence-electron chi connectivity index (χ4n) is 4.19. The van der Waals surface area contributed by atoms with E-state index in [1.165, 1.54) is 18.7 Å². The van der Waals surface area contributed by atoms with Gasteiger partial charge in [-0.2, -0.15) is 0 Å². The lowest BCUT2D eigenvalue weighted by Crippen LogP contribution is -2.71. The number of nitrogens with one attached hydrogen (secondary N) is 1. The summed E-state index contributed by atoms with van der Waals surface area (Å²) < 4.78 is 6.84. The zero-order valence-electron chi connectivity index (χ0n) is 19.7. The molecule has 3 heterocycles. The van der Waals surface area contributed by atoms with Gasteiger partial charge in [0.05, 0.1) is 0 Å². The summed E-state index contributed by atoms with van der Waals surface area (Å²) in [6, 6.07) is 11.2. The number of carboxylic acids is 2. The molecule has 4 rings (SSSR count). The van der Waals surface area contributed by atoms with Gasteiger partial charge < -0.3 is 20.3 Å². The molecule has 11 nitrogen and oxygen atoms in total. The number of carbonyl (C=O) groups is 5. The zero-order valence-corrected chi connectivity index (χ0v) is 20.5. The second-order valence-corrected chi connectivity index (χ2v) is 9.60.